The number of hydrogen-bond acceptors (Lipinski definition) is 4. The summed E-state index contributed by atoms with van der Waals surface area (Å²) in [5.74, 6) is -1.78. The van der Waals surface area contributed by atoms with Crippen molar-refractivity contribution in [1.82, 2.24) is 5.32 Å². The molecule has 1 aromatic rings. The van der Waals surface area contributed by atoms with Gasteiger partial charge in [0.25, 0.3) is 0 Å². The number of nitrogens with one attached hydrogen (secondary N) is 1. The Labute approximate surface area is 147 Å². The van der Waals surface area contributed by atoms with Crippen molar-refractivity contribution in [2.75, 3.05) is 6.54 Å². The van der Waals surface area contributed by atoms with Gasteiger partial charge in [0, 0.05) is 23.7 Å². The summed E-state index contributed by atoms with van der Waals surface area (Å²) >= 11 is 0. The van der Waals surface area contributed by atoms with Crippen molar-refractivity contribution in [3.05, 3.63) is 48.0 Å². The van der Waals surface area contributed by atoms with Crippen LogP contribution in [0.4, 0.5) is 0 Å². The number of fused-ring (bicyclic) bond motifs is 2. The number of carbonyl (C=O) groups is 2. The van der Waals surface area contributed by atoms with Gasteiger partial charge in [-0.05, 0) is 50.1 Å². The number of rotatable bonds is 5. The monoisotopic (exact) mass is 346 g/mol. The molecule has 6 heteroatoms. The van der Waals surface area contributed by atoms with Gasteiger partial charge in [-0.2, -0.15) is 0 Å². The van der Waals surface area contributed by atoms with Gasteiger partial charge in [0.2, 0.25) is 0 Å². The smallest absolute Gasteiger partial charge is 0.328 e. The molecule has 136 valence electrons. The third-order valence-electron chi connectivity index (χ3n) is 4.87. The van der Waals surface area contributed by atoms with Crippen molar-refractivity contribution in [3.63, 3.8) is 0 Å². The van der Waals surface area contributed by atoms with Crippen molar-refractivity contribution in [2.24, 2.45) is 11.7 Å². The number of nitrogens with two attached hydrogens (primary N) is 1. The molecule has 6 nitrogen and oxygen atoms in total. The summed E-state index contributed by atoms with van der Waals surface area (Å²) in [6.45, 7) is 0.856. The molecule has 3 rings (SSSR count). The van der Waals surface area contributed by atoms with Crippen molar-refractivity contribution in [3.8, 4) is 0 Å². The number of carboxylic acid groups (broad SMARTS) is 2. The standard InChI is InChI=1S/C15H22N2.C4H4O4/c16-11-13-8-14-6-7-15(10-13,17-14)9-12-4-2-1-3-5-12;5-3(6)1-2-4(7)8/h1-5,13-14,17H,6-11,16H2;1-2H,(H,5,6)(H,7,8)/b;2-1+. The molecule has 0 spiro atoms. The van der Waals surface area contributed by atoms with Gasteiger partial charge >= 0.3 is 11.9 Å². The van der Waals surface area contributed by atoms with E-state index >= 15 is 0 Å². The lowest BCUT2D eigenvalue weighted by atomic mass is 9.79. The molecule has 2 bridgehead atoms. The lowest BCUT2D eigenvalue weighted by molar-refractivity contribution is -0.134. The maximum absolute atomic E-state index is 9.55. The maximum Gasteiger partial charge on any atom is 0.328 e. The molecule has 2 aliphatic rings. The molecule has 0 amide bonds. The molecule has 3 unspecified atom stereocenters. The van der Waals surface area contributed by atoms with Crippen LogP contribution in [0.5, 0.6) is 0 Å². The number of aliphatic carboxylic acids is 2. The van der Waals surface area contributed by atoms with Crippen LogP contribution in [0.3, 0.4) is 0 Å². The normalized spacial score (nSPS) is 27.6. The van der Waals surface area contributed by atoms with Gasteiger partial charge in [-0.15, -0.1) is 0 Å². The fourth-order valence-corrected chi connectivity index (χ4v) is 3.92. The molecule has 25 heavy (non-hydrogen) atoms. The molecule has 1 aromatic carbocycles. The van der Waals surface area contributed by atoms with E-state index in [0.29, 0.717) is 17.7 Å². The summed E-state index contributed by atoms with van der Waals surface area (Å²) < 4.78 is 0. The molecule has 5 N–H and O–H groups in total. The van der Waals surface area contributed by atoms with Gasteiger partial charge in [0.05, 0.1) is 0 Å². The molecule has 2 fully saturated rings. The third-order valence-corrected chi connectivity index (χ3v) is 4.87. The number of benzene rings is 1. The predicted octanol–water partition coefficient (Wildman–Crippen LogP) is 1.80. The minimum Gasteiger partial charge on any atom is -0.478 e. The summed E-state index contributed by atoms with van der Waals surface area (Å²) in [4.78, 5) is 19.1. The van der Waals surface area contributed by atoms with Gasteiger partial charge in [-0.25, -0.2) is 9.59 Å². The van der Waals surface area contributed by atoms with Gasteiger partial charge in [0.15, 0.2) is 0 Å². The highest BCUT2D eigenvalue weighted by Crippen LogP contribution is 2.40. The topological polar surface area (TPSA) is 113 Å². The molecule has 2 heterocycles. The Hall–Kier alpha value is -2.18. The zero-order valence-corrected chi connectivity index (χ0v) is 14.2. The van der Waals surface area contributed by atoms with Crippen LogP contribution in [0.25, 0.3) is 0 Å². The van der Waals surface area contributed by atoms with Crippen LogP contribution in [0.2, 0.25) is 0 Å². The molecule has 0 saturated carbocycles. The molecule has 0 aromatic heterocycles. The zero-order chi connectivity index (χ0) is 18.3. The highest BCUT2D eigenvalue weighted by Gasteiger charge is 2.44. The van der Waals surface area contributed by atoms with E-state index in [2.05, 4.69) is 35.6 Å². The Kier molecular flexibility index (Phi) is 6.73. The SMILES string of the molecule is NCC1CC2CCC(Cc3ccccc3)(C1)N2.O=C(O)/C=C/C(=O)O. The summed E-state index contributed by atoms with van der Waals surface area (Å²) in [5.41, 5.74) is 7.68. The Morgan fingerprint density at radius 3 is 2.40 bits per heavy atom. The number of hydrogen-bond donors (Lipinski definition) is 4. The van der Waals surface area contributed by atoms with E-state index in [4.69, 9.17) is 15.9 Å². The largest absolute Gasteiger partial charge is 0.478 e. The fourth-order valence-electron chi connectivity index (χ4n) is 3.92. The summed E-state index contributed by atoms with van der Waals surface area (Å²) in [7, 11) is 0. The molecule has 2 saturated heterocycles. The average Bonchev–Trinajstić information content (AvgIpc) is 2.88. The minimum absolute atomic E-state index is 0.342. The Bertz CT molecular complexity index is 601. The quantitative estimate of drug-likeness (QED) is 0.605. The molecule has 2 aliphatic heterocycles. The van der Waals surface area contributed by atoms with Crippen LogP contribution in [-0.2, 0) is 16.0 Å². The van der Waals surface area contributed by atoms with E-state index in [1.807, 2.05) is 0 Å². The van der Waals surface area contributed by atoms with Crippen LogP contribution >= 0.6 is 0 Å². The molecule has 3 atom stereocenters. The van der Waals surface area contributed by atoms with Crippen LogP contribution in [0.15, 0.2) is 42.5 Å². The Balaban J connectivity index is 0.000000242. The number of piperidine rings is 1. The van der Waals surface area contributed by atoms with Crippen molar-refractivity contribution < 1.29 is 19.8 Å². The minimum atomic E-state index is -1.26. The summed E-state index contributed by atoms with van der Waals surface area (Å²) in [6, 6.07) is 11.6. The Morgan fingerprint density at radius 2 is 1.84 bits per heavy atom. The first kappa shape index (κ1) is 19.1. The highest BCUT2D eigenvalue weighted by atomic mass is 16.4. The van der Waals surface area contributed by atoms with Crippen LogP contribution < -0.4 is 11.1 Å². The van der Waals surface area contributed by atoms with E-state index < -0.39 is 11.9 Å². The maximum atomic E-state index is 9.55. The average molecular weight is 346 g/mol. The van der Waals surface area contributed by atoms with Crippen LogP contribution in [-0.4, -0.2) is 40.3 Å². The Morgan fingerprint density at radius 1 is 1.20 bits per heavy atom. The number of carboxylic acids is 2. The summed E-state index contributed by atoms with van der Waals surface area (Å²) in [6.07, 6.45) is 7.49. The molecule has 0 radical (unpaired) electrons. The molecular weight excluding hydrogens is 320 g/mol. The highest BCUT2D eigenvalue weighted by molar-refractivity contribution is 5.89. The van der Waals surface area contributed by atoms with Gasteiger partial charge in [-0.3, -0.25) is 0 Å². The third kappa shape index (κ3) is 5.99. The van der Waals surface area contributed by atoms with E-state index in [9.17, 15) is 9.59 Å². The zero-order valence-electron chi connectivity index (χ0n) is 14.2. The lowest BCUT2D eigenvalue weighted by Gasteiger charge is -2.39. The fraction of sp³-hybridized carbons (Fsp3) is 0.474. The van der Waals surface area contributed by atoms with Gasteiger partial charge in [-0.1, -0.05) is 30.3 Å². The van der Waals surface area contributed by atoms with E-state index in [1.54, 1.807) is 0 Å². The molecule has 0 aliphatic carbocycles. The summed E-state index contributed by atoms with van der Waals surface area (Å²) in [5, 5.41) is 19.5. The second-order valence-electron chi connectivity index (χ2n) is 6.87. The first-order valence-electron chi connectivity index (χ1n) is 8.58. The second kappa shape index (κ2) is 8.78. The van der Waals surface area contributed by atoms with Crippen LogP contribution in [0.1, 0.15) is 31.2 Å². The molecular formula is C19H26N2O4. The van der Waals surface area contributed by atoms with Gasteiger partial charge < -0.3 is 21.3 Å². The van der Waals surface area contributed by atoms with Crippen LogP contribution in [0, 0.1) is 5.92 Å². The second-order valence-corrected chi connectivity index (χ2v) is 6.87. The lowest BCUT2D eigenvalue weighted by Crippen LogP contribution is -2.51. The van der Waals surface area contributed by atoms with E-state index in [-0.39, 0.29) is 0 Å². The van der Waals surface area contributed by atoms with Crippen molar-refractivity contribution in [2.45, 2.75) is 43.7 Å². The van der Waals surface area contributed by atoms with Crippen molar-refractivity contribution >= 4 is 11.9 Å². The van der Waals surface area contributed by atoms with Crippen molar-refractivity contribution in [1.29, 1.82) is 0 Å². The van der Waals surface area contributed by atoms with E-state index in [0.717, 1.165) is 18.5 Å². The first-order valence-corrected chi connectivity index (χ1v) is 8.58. The van der Waals surface area contributed by atoms with Gasteiger partial charge in [0.1, 0.15) is 0 Å². The first-order chi connectivity index (χ1) is 11.9. The predicted molar refractivity (Wildman–Crippen MR) is 95.2 cm³/mol. The van der Waals surface area contributed by atoms with E-state index in [1.165, 1.54) is 37.7 Å².